The second-order valence-corrected chi connectivity index (χ2v) is 8.45. The molecule has 2 N–H and O–H groups in total. The number of carbonyl (C=O) groups is 1. The number of amides is 1. The lowest BCUT2D eigenvalue weighted by Gasteiger charge is -2.16. The van der Waals surface area contributed by atoms with Crippen molar-refractivity contribution in [3.8, 4) is 6.07 Å². The topological polar surface area (TPSA) is 105 Å². The van der Waals surface area contributed by atoms with Gasteiger partial charge in [-0.25, -0.2) is 0 Å². The number of anilines is 2. The van der Waals surface area contributed by atoms with Gasteiger partial charge in [-0.05, 0) is 32.3 Å². The molecule has 1 amide bonds. The van der Waals surface area contributed by atoms with Crippen LogP contribution in [-0.2, 0) is 16.1 Å². The van der Waals surface area contributed by atoms with Gasteiger partial charge in [0.05, 0.1) is 24.0 Å². The molecular formula is C17H22N6O2S2. The molecule has 0 aliphatic carbocycles. The molecule has 0 radical (unpaired) electrons. The Balaban J connectivity index is 1.72. The second-order valence-electron chi connectivity index (χ2n) is 6.25. The molecule has 1 fully saturated rings. The summed E-state index contributed by atoms with van der Waals surface area (Å²) in [6.45, 7) is 5.28. The molecule has 8 nitrogen and oxygen atoms in total. The first-order valence-corrected chi connectivity index (χ1v) is 10.5. The molecule has 1 atom stereocenters. The molecule has 3 rings (SSSR count). The smallest absolute Gasteiger partial charge is 0.235 e. The molecule has 1 aliphatic heterocycles. The van der Waals surface area contributed by atoms with Crippen molar-refractivity contribution in [1.29, 1.82) is 5.26 Å². The third-order valence-electron chi connectivity index (χ3n) is 4.56. The van der Waals surface area contributed by atoms with Gasteiger partial charge in [-0.2, -0.15) is 5.26 Å². The summed E-state index contributed by atoms with van der Waals surface area (Å²) in [7, 11) is 1.78. The molecule has 0 spiro atoms. The highest BCUT2D eigenvalue weighted by atomic mass is 32.2. The Morgan fingerprint density at radius 1 is 1.48 bits per heavy atom. The number of nitrogens with one attached hydrogen (secondary N) is 2. The van der Waals surface area contributed by atoms with Crippen LogP contribution in [0.3, 0.4) is 0 Å². The molecule has 27 heavy (non-hydrogen) atoms. The van der Waals surface area contributed by atoms with Crippen LogP contribution in [0.1, 0.15) is 29.7 Å². The zero-order chi connectivity index (χ0) is 19.4. The highest BCUT2D eigenvalue weighted by Crippen LogP contribution is 2.29. The Kier molecular flexibility index (Phi) is 6.36. The van der Waals surface area contributed by atoms with Gasteiger partial charge < -0.3 is 19.9 Å². The van der Waals surface area contributed by atoms with Crippen molar-refractivity contribution in [2.24, 2.45) is 0 Å². The molecular weight excluding hydrogens is 384 g/mol. The van der Waals surface area contributed by atoms with Crippen LogP contribution >= 0.6 is 23.1 Å². The minimum absolute atomic E-state index is 0.119. The zero-order valence-electron chi connectivity index (χ0n) is 15.5. The van der Waals surface area contributed by atoms with Gasteiger partial charge >= 0.3 is 0 Å². The molecule has 1 aliphatic rings. The maximum Gasteiger partial charge on any atom is 0.235 e. The number of hydrogen-bond donors (Lipinski definition) is 2. The van der Waals surface area contributed by atoms with Crippen LogP contribution in [0.5, 0.6) is 0 Å². The van der Waals surface area contributed by atoms with E-state index < -0.39 is 0 Å². The standard InChI is InChI=1S/C17H22N6O2S2/c1-10-11(2)23(8-12-5-4-6-25-12)15(13(10)7-18)20-14(24)9-26-17-22-21-16(19-3)27-17/h12H,4-6,8-9H2,1-3H3,(H,19,21)(H,20,24). The first-order chi connectivity index (χ1) is 13.0. The molecule has 1 unspecified atom stereocenters. The van der Waals surface area contributed by atoms with Crippen molar-refractivity contribution >= 4 is 40.0 Å². The summed E-state index contributed by atoms with van der Waals surface area (Å²) in [6.07, 6.45) is 2.16. The average Bonchev–Trinajstić information content (AvgIpc) is 3.38. The maximum atomic E-state index is 12.5. The van der Waals surface area contributed by atoms with Gasteiger partial charge in [0.2, 0.25) is 11.0 Å². The number of thioether (sulfide) groups is 1. The van der Waals surface area contributed by atoms with Crippen molar-refractivity contribution in [1.82, 2.24) is 14.8 Å². The molecule has 2 aromatic heterocycles. The van der Waals surface area contributed by atoms with E-state index in [4.69, 9.17) is 4.74 Å². The van der Waals surface area contributed by atoms with E-state index in [0.29, 0.717) is 23.1 Å². The summed E-state index contributed by atoms with van der Waals surface area (Å²) < 4.78 is 8.45. The summed E-state index contributed by atoms with van der Waals surface area (Å²) in [5.74, 6) is 0.581. The molecule has 3 heterocycles. The Morgan fingerprint density at radius 2 is 2.30 bits per heavy atom. The number of hydrogen-bond acceptors (Lipinski definition) is 8. The summed E-state index contributed by atoms with van der Waals surface area (Å²) in [5.41, 5.74) is 2.38. The molecule has 2 aromatic rings. The van der Waals surface area contributed by atoms with Gasteiger partial charge in [0, 0.05) is 19.3 Å². The van der Waals surface area contributed by atoms with Gasteiger partial charge in [-0.3, -0.25) is 4.79 Å². The number of nitrogens with zero attached hydrogens (tertiary/aromatic N) is 4. The largest absolute Gasteiger partial charge is 0.376 e. The fraction of sp³-hybridized carbons (Fsp3) is 0.529. The fourth-order valence-electron chi connectivity index (χ4n) is 3.02. The summed E-state index contributed by atoms with van der Waals surface area (Å²) in [5, 5.41) is 24.1. The van der Waals surface area contributed by atoms with Crippen LogP contribution in [0.2, 0.25) is 0 Å². The SMILES string of the molecule is CNc1nnc(SCC(=O)Nc2c(C#N)c(C)c(C)n2CC2CCCO2)s1. The number of nitriles is 1. The van der Waals surface area contributed by atoms with Crippen LogP contribution in [0, 0.1) is 25.2 Å². The predicted octanol–water partition coefficient (Wildman–Crippen LogP) is 2.78. The molecule has 10 heteroatoms. The van der Waals surface area contributed by atoms with Crippen molar-refractivity contribution in [3.05, 3.63) is 16.8 Å². The van der Waals surface area contributed by atoms with E-state index in [0.717, 1.165) is 35.0 Å². The lowest BCUT2D eigenvalue weighted by atomic mass is 10.2. The number of aromatic nitrogens is 3. The van der Waals surface area contributed by atoms with Crippen molar-refractivity contribution in [3.63, 3.8) is 0 Å². The normalized spacial score (nSPS) is 16.3. The summed E-state index contributed by atoms with van der Waals surface area (Å²) >= 11 is 2.72. The number of carbonyl (C=O) groups excluding carboxylic acids is 1. The molecule has 0 aromatic carbocycles. The third kappa shape index (κ3) is 4.43. The third-order valence-corrected chi connectivity index (χ3v) is 6.63. The minimum Gasteiger partial charge on any atom is -0.376 e. The van der Waals surface area contributed by atoms with Crippen LogP contribution in [-0.4, -0.2) is 46.2 Å². The maximum absolute atomic E-state index is 12.5. The lowest BCUT2D eigenvalue weighted by molar-refractivity contribution is -0.113. The average molecular weight is 407 g/mol. The van der Waals surface area contributed by atoms with Crippen molar-refractivity contribution in [2.75, 3.05) is 30.0 Å². The zero-order valence-corrected chi connectivity index (χ0v) is 17.2. The first kappa shape index (κ1) is 19.7. The second kappa shape index (κ2) is 8.73. The fourth-order valence-corrected chi connectivity index (χ4v) is 4.52. The Hall–Kier alpha value is -2.09. The van der Waals surface area contributed by atoms with Crippen LogP contribution in [0.4, 0.5) is 10.9 Å². The molecule has 144 valence electrons. The van der Waals surface area contributed by atoms with Gasteiger partial charge in [0.1, 0.15) is 11.9 Å². The lowest BCUT2D eigenvalue weighted by Crippen LogP contribution is -2.22. The van der Waals surface area contributed by atoms with E-state index in [1.807, 2.05) is 18.4 Å². The minimum atomic E-state index is -0.177. The first-order valence-electron chi connectivity index (χ1n) is 8.68. The van der Waals surface area contributed by atoms with E-state index in [9.17, 15) is 10.1 Å². The van der Waals surface area contributed by atoms with E-state index in [2.05, 4.69) is 26.9 Å². The Bertz CT molecular complexity index is 864. The van der Waals surface area contributed by atoms with Crippen LogP contribution < -0.4 is 10.6 Å². The predicted molar refractivity (Wildman–Crippen MR) is 106 cm³/mol. The van der Waals surface area contributed by atoms with Gasteiger partial charge in [-0.1, -0.05) is 23.1 Å². The van der Waals surface area contributed by atoms with Gasteiger partial charge in [-0.15, -0.1) is 10.2 Å². The highest BCUT2D eigenvalue weighted by molar-refractivity contribution is 8.01. The van der Waals surface area contributed by atoms with E-state index in [1.54, 1.807) is 7.05 Å². The number of rotatable bonds is 7. The summed E-state index contributed by atoms with van der Waals surface area (Å²) in [6, 6.07) is 2.23. The molecule has 0 saturated carbocycles. The Morgan fingerprint density at radius 3 is 2.93 bits per heavy atom. The Labute approximate surface area is 166 Å². The van der Waals surface area contributed by atoms with Crippen molar-refractivity contribution < 1.29 is 9.53 Å². The van der Waals surface area contributed by atoms with E-state index in [-0.39, 0.29) is 17.8 Å². The van der Waals surface area contributed by atoms with E-state index >= 15 is 0 Å². The molecule has 1 saturated heterocycles. The highest BCUT2D eigenvalue weighted by Gasteiger charge is 2.24. The quantitative estimate of drug-likeness (QED) is 0.681. The monoisotopic (exact) mass is 406 g/mol. The van der Waals surface area contributed by atoms with Crippen LogP contribution in [0.25, 0.3) is 0 Å². The molecule has 0 bridgehead atoms. The number of ether oxygens (including phenoxy) is 1. The van der Waals surface area contributed by atoms with Crippen molar-refractivity contribution in [2.45, 2.75) is 43.7 Å². The van der Waals surface area contributed by atoms with Gasteiger partial charge in [0.15, 0.2) is 4.34 Å². The van der Waals surface area contributed by atoms with E-state index in [1.165, 1.54) is 23.1 Å². The van der Waals surface area contributed by atoms with Crippen LogP contribution in [0.15, 0.2) is 4.34 Å². The summed E-state index contributed by atoms with van der Waals surface area (Å²) in [4.78, 5) is 12.5. The van der Waals surface area contributed by atoms with Gasteiger partial charge in [0.25, 0.3) is 0 Å².